The Morgan fingerprint density at radius 1 is 1.00 bits per heavy atom. The molecule has 0 atom stereocenters. The number of carbonyl (C=O) groups excluding carboxylic acids is 1. The molecule has 8 nitrogen and oxygen atoms in total. The van der Waals surface area contributed by atoms with Crippen molar-refractivity contribution in [3.05, 3.63) is 70.8 Å². The number of aromatic nitrogens is 3. The molecule has 0 aliphatic rings. The van der Waals surface area contributed by atoms with Crippen LogP contribution < -0.4 is 10.9 Å². The molecule has 8 heteroatoms. The molecule has 1 aromatic carbocycles. The fraction of sp³-hybridized carbons (Fsp3) is 0. The number of rotatable bonds is 3. The molecule has 25 heavy (non-hydrogen) atoms. The number of amides is 1. The minimum Gasteiger partial charge on any atom is -0.422 e. The quantitative estimate of drug-likeness (QED) is 0.573. The zero-order valence-corrected chi connectivity index (χ0v) is 12.7. The Bertz CT molecular complexity index is 1120. The van der Waals surface area contributed by atoms with E-state index in [0.717, 1.165) is 0 Å². The first-order chi connectivity index (χ1) is 12.2. The maximum Gasteiger partial charge on any atom is 0.349 e. The van der Waals surface area contributed by atoms with Gasteiger partial charge in [0.25, 0.3) is 5.91 Å². The Labute approximate surface area is 140 Å². The van der Waals surface area contributed by atoms with Gasteiger partial charge in [0.05, 0.1) is 0 Å². The SMILES string of the molecule is O=C(Nc1nnc(-c2ccncc2)o1)c1cc2ccccc2oc1=O. The maximum atomic E-state index is 12.3. The summed E-state index contributed by atoms with van der Waals surface area (Å²) in [7, 11) is 0. The first-order valence-electron chi connectivity index (χ1n) is 7.29. The third-order valence-electron chi connectivity index (χ3n) is 3.46. The molecule has 0 spiro atoms. The van der Waals surface area contributed by atoms with Crippen LogP contribution in [0.15, 0.2) is 68.5 Å². The molecule has 0 saturated carbocycles. The van der Waals surface area contributed by atoms with Gasteiger partial charge in [-0.25, -0.2) is 4.79 Å². The Morgan fingerprint density at radius 2 is 1.80 bits per heavy atom. The number of nitrogens with one attached hydrogen (secondary N) is 1. The van der Waals surface area contributed by atoms with Gasteiger partial charge >= 0.3 is 11.6 Å². The van der Waals surface area contributed by atoms with Gasteiger partial charge in [-0.3, -0.25) is 15.1 Å². The molecule has 0 radical (unpaired) electrons. The third-order valence-corrected chi connectivity index (χ3v) is 3.46. The Hall–Kier alpha value is -3.81. The molecule has 4 rings (SSSR count). The van der Waals surface area contributed by atoms with Gasteiger partial charge in [-0.2, -0.15) is 0 Å². The minimum atomic E-state index is -0.745. The van der Waals surface area contributed by atoms with Gasteiger partial charge in [-0.15, -0.1) is 5.10 Å². The van der Waals surface area contributed by atoms with Gasteiger partial charge in [0.15, 0.2) is 0 Å². The molecule has 122 valence electrons. The van der Waals surface area contributed by atoms with E-state index < -0.39 is 11.5 Å². The zero-order chi connectivity index (χ0) is 17.2. The number of carbonyl (C=O) groups is 1. The fourth-order valence-electron chi connectivity index (χ4n) is 2.27. The molecular weight excluding hydrogens is 324 g/mol. The summed E-state index contributed by atoms with van der Waals surface area (Å²) in [5.74, 6) is -0.465. The first-order valence-corrected chi connectivity index (χ1v) is 7.29. The lowest BCUT2D eigenvalue weighted by atomic mass is 10.2. The number of nitrogens with zero attached hydrogens (tertiary/aromatic N) is 3. The van der Waals surface area contributed by atoms with E-state index >= 15 is 0 Å². The van der Waals surface area contributed by atoms with Crippen molar-refractivity contribution in [1.82, 2.24) is 15.2 Å². The standard InChI is InChI=1S/C17H10N4O4/c22-14(12-9-11-3-1-2-4-13(11)24-16(12)23)19-17-21-20-15(25-17)10-5-7-18-8-6-10/h1-9H,(H,19,21,22). The highest BCUT2D eigenvalue weighted by molar-refractivity contribution is 6.04. The highest BCUT2D eigenvalue weighted by atomic mass is 16.4. The van der Waals surface area contributed by atoms with Gasteiger partial charge in [-0.05, 0) is 24.3 Å². The molecule has 0 aliphatic carbocycles. The lowest BCUT2D eigenvalue weighted by Gasteiger charge is -2.01. The van der Waals surface area contributed by atoms with E-state index in [1.54, 1.807) is 48.8 Å². The van der Waals surface area contributed by atoms with Crippen LogP contribution in [0, 0.1) is 0 Å². The van der Waals surface area contributed by atoms with Gasteiger partial charge in [0.2, 0.25) is 5.89 Å². The van der Waals surface area contributed by atoms with E-state index in [2.05, 4.69) is 20.5 Å². The average Bonchev–Trinajstić information content (AvgIpc) is 3.10. The van der Waals surface area contributed by atoms with Crippen LogP contribution in [0.5, 0.6) is 0 Å². The molecule has 1 N–H and O–H groups in total. The highest BCUT2D eigenvalue weighted by Crippen LogP contribution is 2.19. The lowest BCUT2D eigenvalue weighted by molar-refractivity contribution is 0.102. The number of hydrogen-bond donors (Lipinski definition) is 1. The monoisotopic (exact) mass is 334 g/mol. The Kier molecular flexibility index (Phi) is 3.55. The van der Waals surface area contributed by atoms with Crippen molar-refractivity contribution in [2.75, 3.05) is 5.32 Å². The number of pyridine rings is 1. The molecule has 0 aliphatic heterocycles. The van der Waals surface area contributed by atoms with Crippen molar-refractivity contribution < 1.29 is 13.6 Å². The molecule has 0 fully saturated rings. The molecule has 1 amide bonds. The van der Waals surface area contributed by atoms with Crippen molar-refractivity contribution in [2.45, 2.75) is 0 Å². The normalized spacial score (nSPS) is 10.7. The number of para-hydroxylation sites is 1. The Morgan fingerprint density at radius 3 is 2.64 bits per heavy atom. The van der Waals surface area contributed by atoms with Crippen LogP contribution in [-0.2, 0) is 0 Å². The van der Waals surface area contributed by atoms with E-state index in [1.807, 2.05) is 0 Å². The van der Waals surface area contributed by atoms with Gasteiger partial charge < -0.3 is 8.83 Å². The number of hydrogen-bond acceptors (Lipinski definition) is 7. The second-order valence-electron chi connectivity index (χ2n) is 5.09. The number of anilines is 1. The van der Waals surface area contributed by atoms with E-state index in [9.17, 15) is 9.59 Å². The van der Waals surface area contributed by atoms with E-state index in [-0.39, 0.29) is 17.5 Å². The van der Waals surface area contributed by atoms with Crippen LogP contribution in [0.1, 0.15) is 10.4 Å². The zero-order valence-electron chi connectivity index (χ0n) is 12.7. The topological polar surface area (TPSA) is 111 Å². The summed E-state index contributed by atoms with van der Waals surface area (Å²) in [6.45, 7) is 0. The van der Waals surface area contributed by atoms with Crippen molar-refractivity contribution in [2.24, 2.45) is 0 Å². The molecular formula is C17H10N4O4. The summed E-state index contributed by atoms with van der Waals surface area (Å²) in [4.78, 5) is 28.2. The van der Waals surface area contributed by atoms with Crippen molar-refractivity contribution in [3.8, 4) is 11.5 Å². The van der Waals surface area contributed by atoms with E-state index in [1.165, 1.54) is 6.07 Å². The maximum absolute atomic E-state index is 12.3. The van der Waals surface area contributed by atoms with Gasteiger partial charge in [0.1, 0.15) is 11.1 Å². The largest absolute Gasteiger partial charge is 0.422 e. The second kappa shape index (κ2) is 6.00. The molecule has 3 heterocycles. The van der Waals surface area contributed by atoms with Crippen molar-refractivity contribution in [1.29, 1.82) is 0 Å². The molecule has 0 saturated heterocycles. The van der Waals surface area contributed by atoms with E-state index in [4.69, 9.17) is 8.83 Å². The average molecular weight is 334 g/mol. The predicted octanol–water partition coefficient (Wildman–Crippen LogP) is 2.49. The van der Waals surface area contributed by atoms with Crippen LogP contribution in [0.3, 0.4) is 0 Å². The second-order valence-corrected chi connectivity index (χ2v) is 5.09. The smallest absolute Gasteiger partial charge is 0.349 e. The lowest BCUT2D eigenvalue weighted by Crippen LogP contribution is -2.20. The number of fused-ring (bicyclic) bond motifs is 1. The van der Waals surface area contributed by atoms with Crippen molar-refractivity contribution >= 4 is 22.9 Å². The third kappa shape index (κ3) is 2.88. The summed E-state index contributed by atoms with van der Waals surface area (Å²) in [5.41, 5.74) is 0.169. The number of benzene rings is 1. The van der Waals surface area contributed by atoms with Crippen LogP contribution >= 0.6 is 0 Å². The Balaban J connectivity index is 1.61. The summed E-state index contributed by atoms with van der Waals surface area (Å²) < 4.78 is 10.5. The summed E-state index contributed by atoms with van der Waals surface area (Å²) in [5, 5.41) is 10.6. The molecule has 3 aromatic heterocycles. The van der Waals surface area contributed by atoms with Crippen LogP contribution in [0.25, 0.3) is 22.4 Å². The molecule has 0 bridgehead atoms. The summed E-state index contributed by atoms with van der Waals surface area (Å²) in [6, 6.07) is 11.6. The predicted molar refractivity (Wildman–Crippen MR) is 88.0 cm³/mol. The fourth-order valence-corrected chi connectivity index (χ4v) is 2.27. The van der Waals surface area contributed by atoms with Crippen LogP contribution in [0.2, 0.25) is 0 Å². The van der Waals surface area contributed by atoms with Crippen LogP contribution in [0.4, 0.5) is 6.01 Å². The van der Waals surface area contributed by atoms with Gasteiger partial charge in [-0.1, -0.05) is 23.3 Å². The molecule has 0 unspecified atom stereocenters. The minimum absolute atomic E-state index is 0.121. The van der Waals surface area contributed by atoms with Crippen LogP contribution in [-0.4, -0.2) is 21.1 Å². The van der Waals surface area contributed by atoms with Crippen molar-refractivity contribution in [3.63, 3.8) is 0 Å². The van der Waals surface area contributed by atoms with E-state index in [0.29, 0.717) is 16.5 Å². The molecule has 4 aromatic rings. The highest BCUT2D eigenvalue weighted by Gasteiger charge is 2.17. The van der Waals surface area contributed by atoms with Gasteiger partial charge in [0, 0.05) is 23.3 Å². The summed E-state index contributed by atoms with van der Waals surface area (Å²) in [6.07, 6.45) is 3.16. The summed E-state index contributed by atoms with van der Waals surface area (Å²) >= 11 is 0. The first kappa shape index (κ1) is 14.8.